The Balaban J connectivity index is 2.08. The molecule has 1 aromatic rings. The molecule has 3 nitrogen and oxygen atoms in total. The number of fused-ring (bicyclic) bond motifs is 3. The molecule has 0 bridgehead atoms. The van der Waals surface area contributed by atoms with Crippen molar-refractivity contribution in [3.8, 4) is 0 Å². The van der Waals surface area contributed by atoms with E-state index < -0.39 is 0 Å². The largest absolute Gasteiger partial charge is 0.465 e. The van der Waals surface area contributed by atoms with Gasteiger partial charge in [-0.15, -0.1) is 0 Å². The highest BCUT2D eigenvalue weighted by Crippen LogP contribution is 2.51. The number of ketones is 1. The minimum Gasteiger partial charge on any atom is -0.465 e. The zero-order valence-electron chi connectivity index (χ0n) is 14.2. The normalized spacial score (nSPS) is 26.9. The topological polar surface area (TPSA) is 43.4 Å². The van der Waals surface area contributed by atoms with E-state index in [1.54, 1.807) is 0 Å². The highest BCUT2D eigenvalue weighted by atomic mass is 16.5. The lowest BCUT2D eigenvalue weighted by molar-refractivity contribution is -0.123. The molecule has 0 N–H and O–H groups in total. The van der Waals surface area contributed by atoms with Crippen LogP contribution in [0.15, 0.2) is 18.2 Å². The molecular weight excluding hydrogens is 288 g/mol. The first kappa shape index (κ1) is 16.2. The molecule has 23 heavy (non-hydrogen) atoms. The van der Waals surface area contributed by atoms with E-state index in [1.807, 2.05) is 12.1 Å². The van der Waals surface area contributed by atoms with Crippen molar-refractivity contribution in [3.05, 3.63) is 34.9 Å². The van der Waals surface area contributed by atoms with Gasteiger partial charge in [0.2, 0.25) is 0 Å². The summed E-state index contributed by atoms with van der Waals surface area (Å²) in [5.74, 6) is 0.627. The Morgan fingerprint density at radius 1 is 1.35 bits per heavy atom. The van der Waals surface area contributed by atoms with E-state index in [4.69, 9.17) is 4.74 Å². The van der Waals surface area contributed by atoms with Crippen LogP contribution in [0.5, 0.6) is 0 Å². The summed E-state index contributed by atoms with van der Waals surface area (Å²) in [6, 6.07) is 6.07. The number of benzene rings is 1. The Kier molecular flexibility index (Phi) is 4.56. The van der Waals surface area contributed by atoms with E-state index in [0.29, 0.717) is 23.7 Å². The summed E-state index contributed by atoms with van der Waals surface area (Å²) >= 11 is 0. The van der Waals surface area contributed by atoms with E-state index in [2.05, 4.69) is 13.0 Å². The minimum absolute atomic E-state index is 0.128. The molecule has 0 aliphatic heterocycles. The Morgan fingerprint density at radius 3 is 2.91 bits per heavy atom. The van der Waals surface area contributed by atoms with Crippen LogP contribution in [0.2, 0.25) is 0 Å². The number of ether oxygens (including phenoxy) is 1. The lowest BCUT2D eigenvalue weighted by Gasteiger charge is -2.44. The summed E-state index contributed by atoms with van der Waals surface area (Å²) in [7, 11) is 1.43. The van der Waals surface area contributed by atoms with Crippen molar-refractivity contribution in [2.24, 2.45) is 5.92 Å². The van der Waals surface area contributed by atoms with E-state index in [0.717, 1.165) is 44.9 Å². The van der Waals surface area contributed by atoms with E-state index in [-0.39, 0.29) is 11.4 Å². The average Bonchev–Trinajstić information content (AvgIpc) is 2.71. The fraction of sp³-hybridized carbons (Fsp3) is 0.600. The average molecular weight is 314 g/mol. The molecule has 3 heteroatoms. The van der Waals surface area contributed by atoms with Gasteiger partial charge in [0.15, 0.2) is 0 Å². The fourth-order valence-corrected chi connectivity index (χ4v) is 4.85. The van der Waals surface area contributed by atoms with Crippen molar-refractivity contribution in [2.45, 2.75) is 63.7 Å². The molecule has 3 rings (SSSR count). The number of methoxy groups -OCH3 is 1. The summed E-state index contributed by atoms with van der Waals surface area (Å²) in [4.78, 5) is 23.9. The number of hydrogen-bond donors (Lipinski definition) is 0. The van der Waals surface area contributed by atoms with Gasteiger partial charge in [0.1, 0.15) is 5.78 Å². The van der Waals surface area contributed by atoms with Crippen LogP contribution < -0.4 is 0 Å². The Labute approximate surface area is 138 Å². The van der Waals surface area contributed by atoms with Gasteiger partial charge in [-0.2, -0.15) is 0 Å². The minimum atomic E-state index is -0.267. The van der Waals surface area contributed by atoms with Gasteiger partial charge in [-0.1, -0.05) is 19.4 Å². The summed E-state index contributed by atoms with van der Waals surface area (Å²) in [5.41, 5.74) is 3.45. The van der Waals surface area contributed by atoms with Crippen molar-refractivity contribution in [1.29, 1.82) is 0 Å². The second-order valence-electron chi connectivity index (χ2n) is 7.10. The summed E-state index contributed by atoms with van der Waals surface area (Å²) in [5, 5.41) is 0. The van der Waals surface area contributed by atoms with Crippen LogP contribution in [0.25, 0.3) is 0 Å². The van der Waals surface area contributed by atoms with Crippen molar-refractivity contribution in [1.82, 2.24) is 0 Å². The van der Waals surface area contributed by atoms with Gasteiger partial charge in [0, 0.05) is 12.8 Å². The molecule has 0 aromatic heterocycles. The molecule has 2 atom stereocenters. The predicted molar refractivity (Wildman–Crippen MR) is 89.7 cm³/mol. The lowest BCUT2D eigenvalue weighted by atomic mass is 9.59. The number of aryl methyl sites for hydroxylation is 1. The smallest absolute Gasteiger partial charge is 0.337 e. The molecule has 0 radical (unpaired) electrons. The maximum Gasteiger partial charge on any atom is 0.337 e. The van der Waals surface area contributed by atoms with Crippen molar-refractivity contribution < 1.29 is 14.3 Å². The number of carbonyl (C=O) groups excluding carboxylic acids is 2. The van der Waals surface area contributed by atoms with Crippen LogP contribution in [0.3, 0.4) is 0 Å². The maximum absolute atomic E-state index is 12.0. The highest BCUT2D eigenvalue weighted by molar-refractivity contribution is 5.89. The Bertz CT molecular complexity index is 619. The van der Waals surface area contributed by atoms with Crippen molar-refractivity contribution in [3.63, 3.8) is 0 Å². The molecule has 0 saturated heterocycles. The number of esters is 1. The highest BCUT2D eigenvalue weighted by Gasteiger charge is 2.45. The molecule has 124 valence electrons. The molecule has 0 heterocycles. The molecule has 0 spiro atoms. The van der Waals surface area contributed by atoms with E-state index in [1.165, 1.54) is 18.2 Å². The molecule has 0 amide bonds. The van der Waals surface area contributed by atoms with Gasteiger partial charge in [-0.3, -0.25) is 4.79 Å². The number of hydrogen-bond acceptors (Lipinski definition) is 3. The molecule has 1 saturated carbocycles. The van der Waals surface area contributed by atoms with Crippen LogP contribution >= 0.6 is 0 Å². The monoisotopic (exact) mass is 314 g/mol. The zero-order valence-corrected chi connectivity index (χ0v) is 14.2. The Morgan fingerprint density at radius 2 is 2.17 bits per heavy atom. The summed E-state index contributed by atoms with van der Waals surface area (Å²) in [6.45, 7) is 2.23. The van der Waals surface area contributed by atoms with Crippen LogP contribution in [0, 0.1) is 5.92 Å². The predicted octanol–water partition coefficient (Wildman–Crippen LogP) is 4.22. The first-order chi connectivity index (χ1) is 11.1. The van der Waals surface area contributed by atoms with Crippen molar-refractivity contribution in [2.75, 3.05) is 7.11 Å². The zero-order chi connectivity index (χ0) is 16.4. The molecule has 1 fully saturated rings. The third-order valence-electron chi connectivity index (χ3n) is 5.86. The van der Waals surface area contributed by atoms with Crippen LogP contribution in [-0.4, -0.2) is 18.9 Å². The molecule has 2 aliphatic rings. The van der Waals surface area contributed by atoms with Crippen LogP contribution in [0.4, 0.5) is 0 Å². The molecule has 2 aliphatic carbocycles. The standard InChI is InChI=1S/C20H26O3/c1-3-10-20-11-9-17(21)13-16(20)6-4-5-14-12-15(19(22)23-2)7-8-18(14)20/h7-8,12,16H,3-6,9-11,13H2,1-2H3. The third kappa shape index (κ3) is 2.82. The summed E-state index contributed by atoms with van der Waals surface area (Å²) in [6.07, 6.45) is 7.88. The molecule has 2 unspecified atom stereocenters. The molecule has 1 aromatic carbocycles. The number of carbonyl (C=O) groups is 2. The first-order valence-electron chi connectivity index (χ1n) is 8.84. The van der Waals surface area contributed by atoms with Gasteiger partial charge >= 0.3 is 5.97 Å². The maximum atomic E-state index is 12.0. The number of rotatable bonds is 3. The quantitative estimate of drug-likeness (QED) is 0.785. The van der Waals surface area contributed by atoms with E-state index in [9.17, 15) is 9.59 Å². The second-order valence-corrected chi connectivity index (χ2v) is 7.10. The Hall–Kier alpha value is -1.64. The fourth-order valence-electron chi connectivity index (χ4n) is 4.85. The van der Waals surface area contributed by atoms with E-state index >= 15 is 0 Å². The van der Waals surface area contributed by atoms with Crippen LogP contribution in [0.1, 0.15) is 73.4 Å². The second kappa shape index (κ2) is 6.46. The first-order valence-corrected chi connectivity index (χ1v) is 8.84. The van der Waals surface area contributed by atoms with Gasteiger partial charge < -0.3 is 4.74 Å². The van der Waals surface area contributed by atoms with Crippen molar-refractivity contribution >= 4 is 11.8 Å². The summed E-state index contributed by atoms with van der Waals surface area (Å²) < 4.78 is 4.87. The van der Waals surface area contributed by atoms with Gasteiger partial charge in [0.05, 0.1) is 12.7 Å². The SMILES string of the molecule is CCCC12CCC(=O)CC1CCCc1cc(C(=O)OC)ccc12. The van der Waals surface area contributed by atoms with Crippen LogP contribution in [-0.2, 0) is 21.4 Å². The van der Waals surface area contributed by atoms with Gasteiger partial charge in [-0.05, 0) is 66.7 Å². The third-order valence-corrected chi connectivity index (χ3v) is 5.86. The molecular formula is C20H26O3. The number of Topliss-reactive ketones (excluding diaryl/α,β-unsaturated/α-hetero) is 1. The van der Waals surface area contributed by atoms with Gasteiger partial charge in [0.25, 0.3) is 0 Å². The lowest BCUT2D eigenvalue weighted by Crippen LogP contribution is -2.40. The van der Waals surface area contributed by atoms with Gasteiger partial charge in [-0.25, -0.2) is 4.79 Å².